The monoisotopic (exact) mass is 338 g/mol. The average molecular weight is 340 g/mol. The maximum absolute atomic E-state index is 6.21. The molecule has 0 aliphatic carbocycles. The van der Waals surface area contributed by atoms with Crippen LogP contribution in [0.4, 0.5) is 5.82 Å². The molecule has 0 atom stereocenters. The maximum Gasteiger partial charge on any atom is 0.147 e. The Morgan fingerprint density at radius 1 is 1.35 bits per heavy atom. The van der Waals surface area contributed by atoms with Crippen LogP contribution in [-0.4, -0.2) is 22.9 Å². The summed E-state index contributed by atoms with van der Waals surface area (Å²) in [6, 6.07) is 2.20. The van der Waals surface area contributed by atoms with Gasteiger partial charge in [-0.05, 0) is 18.9 Å². The van der Waals surface area contributed by atoms with Crippen LogP contribution < -0.4 is 4.90 Å². The molecule has 0 saturated heterocycles. The zero-order chi connectivity index (χ0) is 12.8. The van der Waals surface area contributed by atoms with Crippen LogP contribution in [0, 0.1) is 0 Å². The summed E-state index contributed by atoms with van der Waals surface area (Å²) in [5, 5.41) is 2.08. The van der Waals surface area contributed by atoms with Crippen molar-refractivity contribution in [3.8, 4) is 0 Å². The third-order valence-corrected chi connectivity index (χ3v) is 3.61. The summed E-state index contributed by atoms with van der Waals surface area (Å²) in [7, 11) is 0. The van der Waals surface area contributed by atoms with Gasteiger partial charge in [0, 0.05) is 24.1 Å². The number of alkyl halides is 1. The van der Waals surface area contributed by atoms with Gasteiger partial charge in [-0.25, -0.2) is 4.98 Å². The Morgan fingerprint density at radius 3 is 2.47 bits per heavy atom. The third-order valence-electron chi connectivity index (χ3n) is 2.77. The molecular formula is C12H17BrCl2N2. The molecule has 0 fully saturated rings. The standard InChI is InChI=1S/C12H17BrCl2N2/c1-3-10(4-2)17(6-5-13)12-11(15)7-9(14)8-16-12/h7-8,10H,3-6H2,1-2H3. The Balaban J connectivity index is 3.03. The van der Waals surface area contributed by atoms with E-state index < -0.39 is 0 Å². The van der Waals surface area contributed by atoms with Crippen molar-refractivity contribution in [2.45, 2.75) is 32.7 Å². The third kappa shape index (κ3) is 4.01. The molecule has 5 heteroatoms. The van der Waals surface area contributed by atoms with E-state index in [-0.39, 0.29) is 0 Å². The fourth-order valence-corrected chi connectivity index (χ4v) is 2.77. The van der Waals surface area contributed by atoms with Gasteiger partial charge >= 0.3 is 0 Å². The highest BCUT2D eigenvalue weighted by Crippen LogP contribution is 2.28. The smallest absolute Gasteiger partial charge is 0.147 e. The summed E-state index contributed by atoms with van der Waals surface area (Å²) in [5.74, 6) is 0.823. The van der Waals surface area contributed by atoms with Crippen LogP contribution >= 0.6 is 39.1 Å². The van der Waals surface area contributed by atoms with Crippen LogP contribution in [0.1, 0.15) is 26.7 Å². The molecule has 1 aromatic rings. The molecule has 2 nitrogen and oxygen atoms in total. The highest BCUT2D eigenvalue weighted by atomic mass is 79.9. The fraction of sp³-hybridized carbons (Fsp3) is 0.583. The van der Waals surface area contributed by atoms with Crippen LogP contribution in [0.15, 0.2) is 12.3 Å². The van der Waals surface area contributed by atoms with Gasteiger partial charge in [-0.1, -0.05) is 53.0 Å². The van der Waals surface area contributed by atoms with Crippen molar-refractivity contribution >= 4 is 44.9 Å². The Bertz CT molecular complexity index is 356. The Hall–Kier alpha value is 0.01000. The molecule has 0 saturated carbocycles. The molecule has 0 spiro atoms. The molecular weight excluding hydrogens is 323 g/mol. The van der Waals surface area contributed by atoms with Gasteiger partial charge in [0.1, 0.15) is 5.82 Å². The first-order valence-corrected chi connectivity index (χ1v) is 7.65. The van der Waals surface area contributed by atoms with Crippen LogP contribution in [0.2, 0.25) is 10.0 Å². The van der Waals surface area contributed by atoms with Gasteiger partial charge in [-0.2, -0.15) is 0 Å². The maximum atomic E-state index is 6.21. The first-order chi connectivity index (χ1) is 8.13. The van der Waals surface area contributed by atoms with Gasteiger partial charge in [-0.15, -0.1) is 0 Å². The first kappa shape index (κ1) is 15.1. The molecule has 0 N–H and O–H groups in total. The molecule has 0 unspecified atom stereocenters. The number of aromatic nitrogens is 1. The van der Waals surface area contributed by atoms with E-state index >= 15 is 0 Å². The molecule has 0 bridgehead atoms. The van der Waals surface area contributed by atoms with Crippen LogP contribution in [-0.2, 0) is 0 Å². The molecule has 96 valence electrons. The zero-order valence-corrected chi connectivity index (χ0v) is 13.2. The molecule has 1 rings (SSSR count). The highest BCUT2D eigenvalue weighted by molar-refractivity contribution is 9.09. The molecule has 1 aromatic heterocycles. The van der Waals surface area contributed by atoms with Crippen LogP contribution in [0.3, 0.4) is 0 Å². The van der Waals surface area contributed by atoms with Crippen molar-refractivity contribution in [2.24, 2.45) is 0 Å². The summed E-state index contributed by atoms with van der Waals surface area (Å²) < 4.78 is 0. The van der Waals surface area contributed by atoms with Crippen molar-refractivity contribution < 1.29 is 0 Å². The van der Waals surface area contributed by atoms with Crippen molar-refractivity contribution in [1.82, 2.24) is 4.98 Å². The topological polar surface area (TPSA) is 16.1 Å². The second-order valence-corrected chi connectivity index (χ2v) is 5.45. The SMILES string of the molecule is CCC(CC)N(CCBr)c1ncc(Cl)cc1Cl. The summed E-state index contributed by atoms with van der Waals surface area (Å²) in [6.45, 7) is 5.25. The van der Waals surface area contributed by atoms with Gasteiger partial charge in [0.2, 0.25) is 0 Å². The predicted octanol–water partition coefficient (Wildman–Crippen LogP) is 4.78. The summed E-state index contributed by atoms with van der Waals surface area (Å²) in [4.78, 5) is 6.60. The molecule has 0 amide bonds. The second-order valence-electron chi connectivity index (χ2n) is 3.81. The molecule has 17 heavy (non-hydrogen) atoms. The van der Waals surface area contributed by atoms with Crippen LogP contribution in [0.25, 0.3) is 0 Å². The van der Waals surface area contributed by atoms with E-state index in [2.05, 4.69) is 39.7 Å². The van der Waals surface area contributed by atoms with Crippen LogP contribution in [0.5, 0.6) is 0 Å². The molecule has 0 aromatic carbocycles. The van der Waals surface area contributed by atoms with Crippen molar-refractivity contribution in [1.29, 1.82) is 0 Å². The van der Waals surface area contributed by atoms with Crippen molar-refractivity contribution in [2.75, 3.05) is 16.8 Å². The lowest BCUT2D eigenvalue weighted by molar-refractivity contribution is 0.564. The predicted molar refractivity (Wildman–Crippen MR) is 79.8 cm³/mol. The number of rotatable bonds is 6. The number of nitrogens with zero attached hydrogens (tertiary/aromatic N) is 2. The van der Waals surface area contributed by atoms with E-state index in [1.165, 1.54) is 0 Å². The second kappa shape index (κ2) is 7.45. The Kier molecular flexibility index (Phi) is 6.60. The van der Waals surface area contributed by atoms with Gasteiger partial charge in [0.05, 0.1) is 10.0 Å². The van der Waals surface area contributed by atoms with E-state index in [0.29, 0.717) is 16.1 Å². The lowest BCUT2D eigenvalue weighted by Gasteiger charge is -2.31. The van der Waals surface area contributed by atoms with Gasteiger partial charge < -0.3 is 4.90 Å². The number of pyridine rings is 1. The van der Waals surface area contributed by atoms with E-state index in [0.717, 1.165) is 30.5 Å². The first-order valence-electron chi connectivity index (χ1n) is 5.77. The molecule has 0 radical (unpaired) electrons. The average Bonchev–Trinajstić information content (AvgIpc) is 2.30. The number of hydrogen-bond donors (Lipinski definition) is 0. The lowest BCUT2D eigenvalue weighted by atomic mass is 10.1. The van der Waals surface area contributed by atoms with E-state index in [9.17, 15) is 0 Å². The molecule has 1 heterocycles. The summed E-state index contributed by atoms with van der Waals surface area (Å²) >= 11 is 15.6. The van der Waals surface area contributed by atoms with E-state index in [4.69, 9.17) is 23.2 Å². The minimum Gasteiger partial charge on any atom is -0.352 e. The zero-order valence-electron chi connectivity index (χ0n) is 10.1. The van der Waals surface area contributed by atoms with Crippen molar-refractivity contribution in [3.05, 3.63) is 22.3 Å². The number of halogens is 3. The lowest BCUT2D eigenvalue weighted by Crippen LogP contribution is -2.36. The van der Waals surface area contributed by atoms with E-state index in [1.807, 2.05) is 0 Å². The van der Waals surface area contributed by atoms with Crippen molar-refractivity contribution in [3.63, 3.8) is 0 Å². The number of anilines is 1. The summed E-state index contributed by atoms with van der Waals surface area (Å²) in [5.41, 5.74) is 0. The minimum atomic E-state index is 0.457. The van der Waals surface area contributed by atoms with E-state index in [1.54, 1.807) is 12.3 Å². The molecule has 0 aliphatic rings. The molecule has 0 aliphatic heterocycles. The Labute approximate surface area is 121 Å². The minimum absolute atomic E-state index is 0.457. The summed E-state index contributed by atoms with van der Waals surface area (Å²) in [6.07, 6.45) is 3.79. The van der Waals surface area contributed by atoms with Gasteiger partial charge in [0.25, 0.3) is 0 Å². The normalized spacial score (nSPS) is 10.9. The highest BCUT2D eigenvalue weighted by Gasteiger charge is 2.18. The number of hydrogen-bond acceptors (Lipinski definition) is 2. The van der Waals surface area contributed by atoms with Gasteiger partial charge in [-0.3, -0.25) is 0 Å². The Morgan fingerprint density at radius 2 is 2.00 bits per heavy atom. The van der Waals surface area contributed by atoms with Gasteiger partial charge in [0.15, 0.2) is 0 Å². The fourth-order valence-electron chi connectivity index (χ4n) is 1.90. The largest absolute Gasteiger partial charge is 0.352 e. The quantitative estimate of drug-likeness (QED) is 0.693.